The number of esters is 1. The van der Waals surface area contributed by atoms with Crippen molar-refractivity contribution in [2.24, 2.45) is 0 Å². The Morgan fingerprint density at radius 2 is 2.15 bits per heavy atom. The summed E-state index contributed by atoms with van der Waals surface area (Å²) in [4.78, 5) is 28.1. The van der Waals surface area contributed by atoms with Gasteiger partial charge in [-0.15, -0.1) is 11.3 Å². The van der Waals surface area contributed by atoms with Crippen LogP contribution in [0.25, 0.3) is 0 Å². The fourth-order valence-electron chi connectivity index (χ4n) is 2.34. The van der Waals surface area contributed by atoms with Gasteiger partial charge in [-0.1, -0.05) is 29.8 Å². The zero-order valence-electron chi connectivity index (χ0n) is 14.5. The fraction of sp³-hybridized carbons (Fsp3) is 0.222. The van der Waals surface area contributed by atoms with Crippen molar-refractivity contribution in [3.63, 3.8) is 0 Å². The number of nitrogens with one attached hydrogen (secondary N) is 1. The van der Waals surface area contributed by atoms with Gasteiger partial charge in [0.05, 0.1) is 37.0 Å². The summed E-state index contributed by atoms with van der Waals surface area (Å²) in [7, 11) is 0. The van der Waals surface area contributed by atoms with E-state index < -0.39 is 0 Å². The summed E-state index contributed by atoms with van der Waals surface area (Å²) in [5.41, 5.74) is 1.88. The molecule has 0 saturated heterocycles. The maximum absolute atomic E-state index is 12.4. The largest absolute Gasteiger partial charge is 0.466 e. The van der Waals surface area contributed by atoms with Gasteiger partial charge in [0.25, 0.3) is 5.91 Å². The summed E-state index contributed by atoms with van der Waals surface area (Å²) in [6.07, 6.45) is 3.21. The number of anilines is 1. The molecule has 7 nitrogen and oxygen atoms in total. The first-order valence-electron chi connectivity index (χ1n) is 8.22. The highest BCUT2D eigenvalue weighted by atomic mass is 35.5. The summed E-state index contributed by atoms with van der Waals surface area (Å²) in [5.74, 6) is -0.668. The van der Waals surface area contributed by atoms with E-state index in [0.29, 0.717) is 34.6 Å². The zero-order valence-corrected chi connectivity index (χ0v) is 16.1. The molecule has 3 aromatic rings. The second-order valence-corrected chi connectivity index (χ2v) is 6.86. The number of amides is 1. The second-order valence-electron chi connectivity index (χ2n) is 5.60. The van der Waals surface area contributed by atoms with Gasteiger partial charge in [-0.05, 0) is 18.6 Å². The van der Waals surface area contributed by atoms with Crippen LogP contribution in [-0.4, -0.2) is 33.2 Å². The Balaban J connectivity index is 1.60. The van der Waals surface area contributed by atoms with Gasteiger partial charge in [-0.25, -0.2) is 4.98 Å². The second kappa shape index (κ2) is 8.79. The summed E-state index contributed by atoms with van der Waals surface area (Å²) in [6, 6.07) is 7.47. The Labute approximate surface area is 164 Å². The van der Waals surface area contributed by atoms with Crippen molar-refractivity contribution in [3.8, 4) is 0 Å². The summed E-state index contributed by atoms with van der Waals surface area (Å²) in [5, 5.41) is 9.69. The lowest BCUT2D eigenvalue weighted by atomic mass is 10.2. The van der Waals surface area contributed by atoms with E-state index in [1.807, 2.05) is 24.3 Å². The molecule has 0 atom stereocenters. The van der Waals surface area contributed by atoms with Crippen LogP contribution in [0.5, 0.6) is 0 Å². The predicted molar refractivity (Wildman–Crippen MR) is 103 cm³/mol. The van der Waals surface area contributed by atoms with Gasteiger partial charge in [0.2, 0.25) is 0 Å². The van der Waals surface area contributed by atoms with Crippen LogP contribution in [0.1, 0.15) is 28.5 Å². The maximum Gasteiger partial charge on any atom is 0.311 e. The van der Waals surface area contributed by atoms with Gasteiger partial charge in [0.15, 0.2) is 5.13 Å². The average Bonchev–Trinajstić information content (AvgIpc) is 3.27. The van der Waals surface area contributed by atoms with E-state index in [-0.39, 0.29) is 18.3 Å². The Bertz CT molecular complexity index is 953. The highest BCUT2D eigenvalue weighted by Gasteiger charge is 2.13. The number of carbonyl (C=O) groups excluding carboxylic acids is 2. The average molecular weight is 405 g/mol. The maximum atomic E-state index is 12.4. The Hall–Kier alpha value is -2.71. The van der Waals surface area contributed by atoms with Gasteiger partial charge in [-0.2, -0.15) is 5.10 Å². The lowest BCUT2D eigenvalue weighted by Crippen LogP contribution is -2.12. The molecule has 0 bridgehead atoms. The molecule has 1 aromatic carbocycles. The Morgan fingerprint density at radius 3 is 2.93 bits per heavy atom. The minimum Gasteiger partial charge on any atom is -0.466 e. The number of hydrogen-bond donors (Lipinski definition) is 1. The van der Waals surface area contributed by atoms with E-state index in [9.17, 15) is 9.59 Å². The molecule has 0 spiro atoms. The van der Waals surface area contributed by atoms with E-state index in [0.717, 1.165) is 5.56 Å². The van der Waals surface area contributed by atoms with E-state index in [1.54, 1.807) is 23.2 Å². The molecular weight excluding hydrogens is 388 g/mol. The molecule has 0 aliphatic carbocycles. The highest BCUT2D eigenvalue weighted by molar-refractivity contribution is 7.14. The molecule has 1 N–H and O–H groups in total. The van der Waals surface area contributed by atoms with Gasteiger partial charge in [0, 0.05) is 16.6 Å². The molecular formula is C18H17ClN4O3S. The van der Waals surface area contributed by atoms with E-state index in [1.165, 1.54) is 17.5 Å². The lowest BCUT2D eigenvalue weighted by Gasteiger charge is -2.03. The van der Waals surface area contributed by atoms with E-state index in [2.05, 4.69) is 15.4 Å². The predicted octanol–water partition coefficient (Wildman–Crippen LogP) is 3.40. The first kappa shape index (κ1) is 19.1. The van der Waals surface area contributed by atoms with Gasteiger partial charge in [0.1, 0.15) is 0 Å². The molecule has 2 heterocycles. The Morgan fingerprint density at radius 1 is 1.33 bits per heavy atom. The third-order valence-electron chi connectivity index (χ3n) is 3.59. The molecule has 3 rings (SSSR count). The minimum absolute atomic E-state index is 0.0793. The number of aromatic nitrogens is 3. The smallest absolute Gasteiger partial charge is 0.311 e. The van der Waals surface area contributed by atoms with Crippen LogP contribution >= 0.6 is 22.9 Å². The van der Waals surface area contributed by atoms with Gasteiger partial charge in [-0.3, -0.25) is 19.6 Å². The number of carbonyl (C=O) groups is 2. The van der Waals surface area contributed by atoms with Gasteiger partial charge >= 0.3 is 5.97 Å². The first-order valence-corrected chi connectivity index (χ1v) is 9.48. The van der Waals surface area contributed by atoms with Crippen LogP contribution in [0, 0.1) is 0 Å². The van der Waals surface area contributed by atoms with Crippen LogP contribution in [0.4, 0.5) is 5.13 Å². The van der Waals surface area contributed by atoms with Crippen molar-refractivity contribution in [2.45, 2.75) is 19.9 Å². The number of thiazole rings is 1. The fourth-order valence-corrected chi connectivity index (χ4v) is 3.24. The normalized spacial score (nSPS) is 10.6. The number of rotatable bonds is 7. The van der Waals surface area contributed by atoms with Crippen LogP contribution in [-0.2, 0) is 22.5 Å². The molecule has 0 fully saturated rings. The number of benzene rings is 1. The molecule has 2 aromatic heterocycles. The molecule has 1 amide bonds. The number of halogens is 1. The summed E-state index contributed by atoms with van der Waals surface area (Å²) >= 11 is 7.40. The lowest BCUT2D eigenvalue weighted by molar-refractivity contribution is -0.142. The molecule has 0 aliphatic rings. The van der Waals surface area contributed by atoms with E-state index >= 15 is 0 Å². The molecule has 0 aliphatic heterocycles. The highest BCUT2D eigenvalue weighted by Crippen LogP contribution is 2.18. The zero-order chi connectivity index (χ0) is 19.2. The van der Waals surface area contributed by atoms with Crippen LogP contribution in [0.2, 0.25) is 5.02 Å². The SMILES string of the molecule is CCOC(=O)Cc1csc(NC(=O)c2cnn(Cc3ccccc3Cl)c2)n1. The first-order chi connectivity index (χ1) is 13.0. The van der Waals surface area contributed by atoms with Crippen molar-refractivity contribution in [2.75, 3.05) is 11.9 Å². The monoisotopic (exact) mass is 404 g/mol. The van der Waals surface area contributed by atoms with Crippen molar-refractivity contribution < 1.29 is 14.3 Å². The molecule has 0 saturated carbocycles. The minimum atomic E-state index is -0.346. The standard InChI is InChI=1S/C18H17ClN4O3S/c1-2-26-16(24)7-14-11-27-18(21-14)22-17(25)13-8-20-23(10-13)9-12-5-3-4-6-15(12)19/h3-6,8,10-11H,2,7,9H2,1H3,(H,21,22,25). The van der Waals surface area contributed by atoms with Crippen molar-refractivity contribution in [1.29, 1.82) is 0 Å². The topological polar surface area (TPSA) is 86.1 Å². The third kappa shape index (κ3) is 5.15. The van der Waals surface area contributed by atoms with Gasteiger partial charge < -0.3 is 4.74 Å². The summed E-state index contributed by atoms with van der Waals surface area (Å²) in [6.45, 7) is 2.54. The molecule has 9 heteroatoms. The number of hydrogen-bond acceptors (Lipinski definition) is 6. The van der Waals surface area contributed by atoms with Crippen molar-refractivity contribution in [3.05, 3.63) is 63.9 Å². The van der Waals surface area contributed by atoms with Crippen LogP contribution in [0.15, 0.2) is 42.0 Å². The quantitative estimate of drug-likeness (QED) is 0.610. The number of ether oxygens (including phenoxy) is 1. The van der Waals surface area contributed by atoms with Crippen molar-refractivity contribution in [1.82, 2.24) is 14.8 Å². The third-order valence-corrected chi connectivity index (χ3v) is 4.76. The molecule has 0 radical (unpaired) electrons. The van der Waals surface area contributed by atoms with Crippen LogP contribution in [0.3, 0.4) is 0 Å². The molecule has 140 valence electrons. The van der Waals surface area contributed by atoms with Crippen molar-refractivity contribution >= 4 is 39.9 Å². The summed E-state index contributed by atoms with van der Waals surface area (Å²) < 4.78 is 6.53. The van der Waals surface area contributed by atoms with Crippen LogP contribution < -0.4 is 5.32 Å². The Kier molecular flexibility index (Phi) is 6.20. The van der Waals surface area contributed by atoms with E-state index in [4.69, 9.17) is 16.3 Å². The number of nitrogens with zero attached hydrogens (tertiary/aromatic N) is 3. The molecule has 27 heavy (non-hydrogen) atoms. The molecule has 0 unspecified atom stereocenters.